The van der Waals surface area contributed by atoms with Gasteiger partial charge in [0.15, 0.2) is 0 Å². The molecule has 0 amide bonds. The summed E-state index contributed by atoms with van der Waals surface area (Å²) in [5, 5.41) is 8.41. The number of aryl methyl sites for hydroxylation is 12. The molecule has 0 bridgehead atoms. The van der Waals surface area contributed by atoms with E-state index >= 15 is 0 Å². The summed E-state index contributed by atoms with van der Waals surface area (Å²) in [6.07, 6.45) is 1.90. The van der Waals surface area contributed by atoms with Gasteiger partial charge in [0.2, 0.25) is 0 Å². The van der Waals surface area contributed by atoms with Gasteiger partial charge in [0.1, 0.15) is 19.2 Å². The Bertz CT molecular complexity index is 4800. The first-order valence-corrected chi connectivity index (χ1v) is 38.3. The number of rotatable bonds is 3. The lowest BCUT2D eigenvalue weighted by Gasteiger charge is -2.22. The summed E-state index contributed by atoms with van der Waals surface area (Å²) >= 11 is 1.89. The Kier molecular flexibility index (Phi) is 19.9. The molecule has 3 aromatic heterocycles. The molecule has 15 aromatic rings. The maximum absolute atomic E-state index is 5.81. The van der Waals surface area contributed by atoms with Gasteiger partial charge in [-0.3, -0.25) is 4.98 Å². The van der Waals surface area contributed by atoms with Crippen LogP contribution in [0.3, 0.4) is 0 Å². The molecular weight excluding hydrogens is 1220 g/mol. The van der Waals surface area contributed by atoms with Crippen molar-refractivity contribution >= 4 is 71.9 Å². The Hall–Kier alpha value is -9.97. The second kappa shape index (κ2) is 28.6. The van der Waals surface area contributed by atoms with Crippen molar-refractivity contribution in [2.75, 3.05) is 0 Å². The van der Waals surface area contributed by atoms with Gasteiger partial charge in [0.25, 0.3) is 0 Å². The van der Waals surface area contributed by atoms with Crippen LogP contribution in [0.25, 0.3) is 97.9 Å². The molecule has 0 radical (unpaired) electrons. The molecule has 0 unspecified atom stereocenters. The van der Waals surface area contributed by atoms with Gasteiger partial charge in [-0.05, 0) is 207 Å². The third kappa shape index (κ3) is 14.9. The van der Waals surface area contributed by atoms with Crippen LogP contribution in [0, 0.1) is 83.1 Å². The second-order valence-electron chi connectivity index (χ2n) is 28.5. The molecule has 0 fully saturated rings. The minimum absolute atomic E-state index is 0.142. The normalized spacial score (nSPS) is 12.4. The Balaban J connectivity index is 0.000000112. The fourth-order valence-electron chi connectivity index (χ4n) is 13.6. The molecule has 12 aromatic carbocycles. The lowest BCUT2D eigenvalue weighted by molar-refractivity contribution is 0.659. The molecule has 0 saturated heterocycles. The summed E-state index contributed by atoms with van der Waals surface area (Å²) in [5.41, 5.74) is 33.8. The van der Waals surface area contributed by atoms with Crippen LogP contribution < -0.4 is 10.4 Å². The van der Waals surface area contributed by atoms with Crippen LogP contribution in [0.4, 0.5) is 0 Å². The predicted octanol–water partition coefficient (Wildman–Crippen LogP) is 25.6. The van der Waals surface area contributed by atoms with Crippen LogP contribution in [-0.2, 0) is 5.41 Å². The van der Waals surface area contributed by atoms with Crippen molar-refractivity contribution in [1.82, 2.24) is 4.98 Å². The van der Waals surface area contributed by atoms with Crippen LogP contribution in [0.15, 0.2) is 265 Å². The summed E-state index contributed by atoms with van der Waals surface area (Å²) < 4.78 is 8.61. The highest BCUT2D eigenvalue weighted by molar-refractivity contribution is 7.25. The average molecular weight is 1310 g/mol. The van der Waals surface area contributed by atoms with Crippen molar-refractivity contribution in [2.24, 2.45) is 0 Å². The smallest absolute Gasteiger partial charge is 0.135 e. The molecule has 0 atom stereocenters. The van der Waals surface area contributed by atoms with Gasteiger partial charge in [-0.15, -0.1) is 11.3 Å². The van der Waals surface area contributed by atoms with E-state index in [9.17, 15) is 0 Å². The monoisotopic (exact) mass is 1310 g/mol. The first-order chi connectivity index (χ1) is 46.9. The van der Waals surface area contributed by atoms with Crippen LogP contribution >= 0.6 is 11.3 Å². The van der Waals surface area contributed by atoms with Crippen molar-refractivity contribution in [1.29, 1.82) is 0 Å². The van der Waals surface area contributed by atoms with E-state index in [4.69, 9.17) is 4.42 Å². The minimum Gasteiger partial charge on any atom is -0.456 e. The van der Waals surface area contributed by atoms with Gasteiger partial charge < -0.3 is 4.42 Å². The van der Waals surface area contributed by atoms with Gasteiger partial charge in [-0.2, -0.15) is 0 Å². The van der Waals surface area contributed by atoms with E-state index in [0.717, 1.165) is 16.9 Å². The fraction of sp³-hybridized carbons (Fsp3) is 0.181. The van der Waals surface area contributed by atoms with E-state index in [-0.39, 0.29) is 5.41 Å². The van der Waals surface area contributed by atoms with Gasteiger partial charge in [0, 0.05) is 48.1 Å². The van der Waals surface area contributed by atoms with Crippen LogP contribution in [0.1, 0.15) is 91.7 Å². The number of nitrogens with zero attached hydrogens (tertiary/aromatic N) is 1. The number of aromatic nitrogens is 1. The molecule has 4 heteroatoms. The Morgan fingerprint density at radius 3 is 0.959 bits per heavy atom. The number of hydrogen-bond acceptors (Lipinski definition) is 3. The summed E-state index contributed by atoms with van der Waals surface area (Å²) in [5.74, 6) is 0. The van der Waals surface area contributed by atoms with Crippen molar-refractivity contribution in [3.05, 3.63) is 339 Å². The van der Waals surface area contributed by atoms with Crippen LogP contribution in [0.5, 0.6) is 0 Å². The molecule has 98 heavy (non-hydrogen) atoms. The van der Waals surface area contributed by atoms with Crippen LogP contribution in [0.2, 0.25) is 13.1 Å². The topological polar surface area (TPSA) is 26.0 Å². The van der Waals surface area contributed by atoms with E-state index in [1.54, 1.807) is 10.4 Å². The standard InChI is InChI=1S/C20H18.C17H18.C16H18Si.C14H12O.C14H12S.C13H13N/c1-15-3-7-17(8-4-15)19-11-13-20(14-12-19)18-9-5-16(2)6-10-18;2*1-11-5-7-13-14-8-6-12(2)10-16(14)17(3,4)15(13)9-11;2*1-9-3-5-11-12-6-4-10(2)8-14(12)15-13(11)7-9;1-10-3-6-12(7-4-10)13-8-5-11(2)9-14-13/h3-14H,1-2H3;2*5-10H,1-4H3;2*3-8H,1-2H3;3-9H,1-2H3. The van der Waals surface area contributed by atoms with E-state index in [1.807, 2.05) is 24.5 Å². The summed E-state index contributed by atoms with van der Waals surface area (Å²) in [6.45, 7) is 35.2. The highest BCUT2D eigenvalue weighted by Crippen LogP contribution is 2.49. The van der Waals surface area contributed by atoms with Gasteiger partial charge in [-0.25, -0.2) is 0 Å². The van der Waals surface area contributed by atoms with Crippen molar-refractivity contribution in [3.63, 3.8) is 0 Å². The first kappa shape index (κ1) is 68.0. The van der Waals surface area contributed by atoms with E-state index in [0.29, 0.717) is 0 Å². The number of fused-ring (bicyclic) bond motifs is 12. The van der Waals surface area contributed by atoms with E-state index in [2.05, 4.69) is 363 Å². The largest absolute Gasteiger partial charge is 0.456 e. The Morgan fingerprint density at radius 1 is 0.286 bits per heavy atom. The Labute approximate surface area is 587 Å². The quantitative estimate of drug-likeness (QED) is 0.165. The number of thiophene rings is 1. The van der Waals surface area contributed by atoms with Gasteiger partial charge in [-0.1, -0.05) is 290 Å². The zero-order valence-corrected chi connectivity index (χ0v) is 61.9. The predicted molar refractivity (Wildman–Crippen MR) is 430 cm³/mol. The summed E-state index contributed by atoms with van der Waals surface area (Å²) in [4.78, 5) is 4.38. The zero-order valence-electron chi connectivity index (χ0n) is 60.1. The molecule has 1 aliphatic heterocycles. The van der Waals surface area contributed by atoms with E-state index in [1.165, 1.54) is 159 Å². The molecule has 17 rings (SSSR count). The summed E-state index contributed by atoms with van der Waals surface area (Å²) in [6, 6.07) is 92.3. The van der Waals surface area contributed by atoms with Crippen molar-refractivity contribution in [3.8, 4) is 55.8 Å². The van der Waals surface area contributed by atoms with Crippen molar-refractivity contribution in [2.45, 2.75) is 115 Å². The highest BCUT2D eigenvalue weighted by Gasteiger charge is 2.38. The molecule has 2 nitrogen and oxygen atoms in total. The average Bonchev–Trinajstić information content (AvgIpc) is 1.59. The third-order valence-corrected chi connectivity index (χ3v) is 24.1. The Morgan fingerprint density at radius 2 is 0.582 bits per heavy atom. The highest BCUT2D eigenvalue weighted by atomic mass is 32.1. The lowest BCUT2D eigenvalue weighted by Crippen LogP contribution is -2.49. The third-order valence-electron chi connectivity index (χ3n) is 19.5. The molecule has 488 valence electrons. The molecule has 0 spiro atoms. The van der Waals surface area contributed by atoms with Crippen molar-refractivity contribution < 1.29 is 4.42 Å². The maximum atomic E-state index is 5.81. The number of hydrogen-bond donors (Lipinski definition) is 0. The second-order valence-corrected chi connectivity index (χ2v) is 34.0. The van der Waals surface area contributed by atoms with Gasteiger partial charge in [0.05, 0.1) is 5.69 Å². The molecule has 2 aliphatic rings. The fourth-order valence-corrected chi connectivity index (χ4v) is 18.2. The minimum atomic E-state index is -1.44. The van der Waals surface area contributed by atoms with Crippen LogP contribution in [-0.4, -0.2) is 13.1 Å². The molecule has 0 N–H and O–H groups in total. The molecule has 1 aliphatic carbocycles. The number of pyridine rings is 1. The summed E-state index contributed by atoms with van der Waals surface area (Å²) in [7, 11) is -1.44. The number of benzene rings is 12. The first-order valence-electron chi connectivity index (χ1n) is 34.4. The van der Waals surface area contributed by atoms with E-state index < -0.39 is 8.07 Å². The number of furan rings is 1. The maximum Gasteiger partial charge on any atom is 0.135 e. The molecule has 0 saturated carbocycles. The molecule has 4 heterocycles. The zero-order chi connectivity index (χ0) is 69.2. The lowest BCUT2D eigenvalue weighted by atomic mass is 9.81. The SMILES string of the molecule is Cc1ccc(-c2ccc(-c3ccc(C)cc3)cc2)cc1.Cc1ccc(-c2ccc(C)cn2)cc1.Cc1ccc2c(c1)C(C)(C)c1cc(C)ccc1-2.Cc1ccc2c(c1)[Si](C)(C)c1cc(C)ccc1-2.Cc1ccc2c(c1)oc1cc(C)ccc12.Cc1ccc2c(c1)sc1cc(C)ccc12. The molecular formula is C94H91NOSSi. The van der Waals surface area contributed by atoms with Gasteiger partial charge >= 0.3 is 0 Å².